The van der Waals surface area contributed by atoms with Crippen molar-refractivity contribution in [2.45, 2.75) is 25.2 Å². The number of hydrogen-bond donors (Lipinski definition) is 1. The van der Waals surface area contributed by atoms with Gasteiger partial charge in [-0.15, -0.1) is 0 Å². The summed E-state index contributed by atoms with van der Waals surface area (Å²) in [4.78, 5) is 18.3. The molecule has 1 atom stereocenters. The molecule has 1 fully saturated rings. The van der Waals surface area contributed by atoms with E-state index in [1.807, 2.05) is 18.2 Å². The van der Waals surface area contributed by atoms with E-state index in [9.17, 15) is 18.0 Å². The van der Waals surface area contributed by atoms with E-state index in [-0.39, 0.29) is 23.4 Å². The van der Waals surface area contributed by atoms with E-state index in [4.69, 9.17) is 0 Å². The highest BCUT2D eigenvalue weighted by Gasteiger charge is 2.29. The Balaban J connectivity index is 1.47. The van der Waals surface area contributed by atoms with Crippen LogP contribution in [-0.4, -0.2) is 47.7 Å². The third kappa shape index (κ3) is 5.96. The molecule has 0 radical (unpaired) electrons. The van der Waals surface area contributed by atoms with Gasteiger partial charge in [0.15, 0.2) is 6.61 Å². The minimum atomic E-state index is -4.42. The molecule has 0 aliphatic carbocycles. The van der Waals surface area contributed by atoms with Crippen LogP contribution in [-0.2, 0) is 6.54 Å². The Labute approximate surface area is 155 Å². The highest BCUT2D eigenvalue weighted by molar-refractivity contribution is 5.94. The third-order valence-electron chi connectivity index (χ3n) is 4.24. The van der Waals surface area contributed by atoms with Crippen LogP contribution < -0.4 is 10.1 Å². The Morgan fingerprint density at radius 1 is 1.22 bits per heavy atom. The van der Waals surface area contributed by atoms with Gasteiger partial charge in [0.05, 0.1) is 5.56 Å². The van der Waals surface area contributed by atoms with E-state index in [1.165, 1.54) is 23.9 Å². The van der Waals surface area contributed by atoms with Crippen LogP contribution >= 0.6 is 0 Å². The van der Waals surface area contributed by atoms with Crippen molar-refractivity contribution in [3.63, 3.8) is 0 Å². The zero-order valence-electron chi connectivity index (χ0n) is 14.6. The summed E-state index contributed by atoms with van der Waals surface area (Å²) in [5, 5.41) is 2.95. The number of nitrogens with zero attached hydrogens (tertiary/aromatic N) is 2. The number of alkyl halides is 3. The van der Waals surface area contributed by atoms with Crippen molar-refractivity contribution in [1.82, 2.24) is 15.2 Å². The Bertz CT molecular complexity index is 751. The maximum atomic E-state index is 12.3. The molecule has 1 saturated heterocycles. The number of ether oxygens (including phenoxy) is 1. The predicted octanol–water partition coefficient (Wildman–Crippen LogP) is 3.03. The van der Waals surface area contributed by atoms with Gasteiger partial charge < -0.3 is 10.1 Å². The van der Waals surface area contributed by atoms with Crippen molar-refractivity contribution < 1.29 is 22.7 Å². The van der Waals surface area contributed by atoms with Crippen LogP contribution in [0.25, 0.3) is 0 Å². The largest absolute Gasteiger partial charge is 0.468 e. The molecule has 2 heterocycles. The van der Waals surface area contributed by atoms with Crippen LogP contribution in [0.4, 0.5) is 13.2 Å². The van der Waals surface area contributed by atoms with Gasteiger partial charge in [-0.2, -0.15) is 13.2 Å². The Morgan fingerprint density at radius 3 is 2.67 bits per heavy atom. The fraction of sp³-hybridized carbons (Fsp3) is 0.368. The van der Waals surface area contributed by atoms with Gasteiger partial charge in [-0.1, -0.05) is 30.3 Å². The summed E-state index contributed by atoms with van der Waals surface area (Å²) in [6, 6.07) is 12.8. The van der Waals surface area contributed by atoms with Crippen LogP contribution in [0.3, 0.4) is 0 Å². The molecule has 1 aromatic carbocycles. The number of amides is 1. The second kappa shape index (κ2) is 8.39. The lowest BCUT2D eigenvalue weighted by molar-refractivity contribution is -0.154. The molecule has 144 valence electrons. The number of nitrogens with one attached hydrogen (secondary N) is 1. The maximum Gasteiger partial charge on any atom is 0.422 e. The topological polar surface area (TPSA) is 54.5 Å². The van der Waals surface area contributed by atoms with E-state index in [0.717, 1.165) is 26.1 Å². The lowest BCUT2D eigenvalue weighted by Crippen LogP contribution is -2.37. The standard InChI is InChI=1S/C19H20F3N3O2/c20-19(21,22)13-27-17-7-6-15(10-23-17)18(26)24-16-8-9-25(12-16)11-14-4-2-1-3-5-14/h1-7,10,16H,8-9,11-13H2,(H,24,26). The molecule has 1 unspecified atom stereocenters. The molecule has 2 aromatic rings. The predicted molar refractivity (Wildman–Crippen MR) is 93.4 cm³/mol. The van der Waals surface area contributed by atoms with Crippen LogP contribution in [0.2, 0.25) is 0 Å². The van der Waals surface area contributed by atoms with Crippen LogP contribution in [0.5, 0.6) is 5.88 Å². The van der Waals surface area contributed by atoms with Crippen molar-refractivity contribution >= 4 is 5.91 Å². The number of hydrogen-bond acceptors (Lipinski definition) is 4. The van der Waals surface area contributed by atoms with Gasteiger partial charge >= 0.3 is 6.18 Å². The number of halogens is 3. The van der Waals surface area contributed by atoms with Gasteiger partial charge in [-0.3, -0.25) is 9.69 Å². The Kier molecular flexibility index (Phi) is 5.95. The highest BCUT2D eigenvalue weighted by Crippen LogP contribution is 2.17. The summed E-state index contributed by atoms with van der Waals surface area (Å²) in [6.45, 7) is 1.06. The summed E-state index contributed by atoms with van der Waals surface area (Å²) in [6.07, 6.45) is -2.36. The quantitative estimate of drug-likeness (QED) is 0.838. The Hall–Kier alpha value is -2.61. The first-order chi connectivity index (χ1) is 12.9. The highest BCUT2D eigenvalue weighted by atomic mass is 19.4. The summed E-state index contributed by atoms with van der Waals surface area (Å²) in [7, 11) is 0. The van der Waals surface area contributed by atoms with Gasteiger partial charge in [-0.05, 0) is 18.1 Å². The monoisotopic (exact) mass is 379 g/mol. The molecular formula is C19H20F3N3O2. The third-order valence-corrected chi connectivity index (χ3v) is 4.24. The van der Waals surface area contributed by atoms with Crippen LogP contribution in [0, 0.1) is 0 Å². The lowest BCUT2D eigenvalue weighted by atomic mass is 10.2. The zero-order valence-corrected chi connectivity index (χ0v) is 14.6. The number of pyridine rings is 1. The number of carbonyl (C=O) groups is 1. The average molecular weight is 379 g/mol. The molecular weight excluding hydrogens is 359 g/mol. The van der Waals surface area contributed by atoms with E-state index >= 15 is 0 Å². The summed E-state index contributed by atoms with van der Waals surface area (Å²) >= 11 is 0. The molecule has 1 aromatic heterocycles. The van der Waals surface area contributed by atoms with E-state index in [1.54, 1.807) is 0 Å². The number of rotatable bonds is 6. The van der Waals surface area contributed by atoms with E-state index < -0.39 is 12.8 Å². The summed E-state index contributed by atoms with van der Waals surface area (Å²) in [5.74, 6) is -0.463. The number of benzene rings is 1. The summed E-state index contributed by atoms with van der Waals surface area (Å²) in [5.41, 5.74) is 1.51. The van der Waals surface area contributed by atoms with E-state index in [0.29, 0.717) is 0 Å². The minimum absolute atomic E-state index is 0.0300. The molecule has 1 N–H and O–H groups in total. The first-order valence-corrected chi connectivity index (χ1v) is 8.62. The van der Waals surface area contributed by atoms with Gasteiger partial charge in [0.1, 0.15) is 0 Å². The number of likely N-dealkylation sites (tertiary alicyclic amines) is 1. The maximum absolute atomic E-state index is 12.3. The second-order valence-corrected chi connectivity index (χ2v) is 6.47. The van der Waals surface area contributed by atoms with E-state index in [2.05, 4.69) is 32.1 Å². The molecule has 0 saturated carbocycles. The molecule has 5 nitrogen and oxygen atoms in total. The van der Waals surface area contributed by atoms with Crippen molar-refractivity contribution in [3.05, 3.63) is 59.8 Å². The minimum Gasteiger partial charge on any atom is -0.468 e. The molecule has 0 bridgehead atoms. The molecule has 1 aliphatic heterocycles. The average Bonchev–Trinajstić information content (AvgIpc) is 3.07. The van der Waals surface area contributed by atoms with Gasteiger partial charge in [0, 0.05) is 37.9 Å². The first kappa shape index (κ1) is 19.2. The molecule has 1 aliphatic rings. The van der Waals surface area contributed by atoms with Crippen molar-refractivity contribution in [2.75, 3.05) is 19.7 Å². The number of carbonyl (C=O) groups excluding carboxylic acids is 1. The van der Waals surface area contributed by atoms with Crippen LogP contribution in [0.1, 0.15) is 22.3 Å². The lowest BCUT2D eigenvalue weighted by Gasteiger charge is -2.17. The second-order valence-electron chi connectivity index (χ2n) is 6.47. The van der Waals surface area contributed by atoms with Gasteiger partial charge in [-0.25, -0.2) is 4.98 Å². The summed E-state index contributed by atoms with van der Waals surface area (Å²) < 4.78 is 40.9. The molecule has 1 amide bonds. The fourth-order valence-electron chi connectivity index (χ4n) is 2.96. The van der Waals surface area contributed by atoms with Crippen LogP contribution in [0.15, 0.2) is 48.7 Å². The van der Waals surface area contributed by atoms with Crippen molar-refractivity contribution in [2.24, 2.45) is 0 Å². The van der Waals surface area contributed by atoms with Crippen molar-refractivity contribution in [1.29, 1.82) is 0 Å². The molecule has 27 heavy (non-hydrogen) atoms. The van der Waals surface area contributed by atoms with Gasteiger partial charge in [0.2, 0.25) is 5.88 Å². The molecule has 0 spiro atoms. The smallest absolute Gasteiger partial charge is 0.422 e. The van der Waals surface area contributed by atoms with Crippen molar-refractivity contribution in [3.8, 4) is 5.88 Å². The zero-order chi connectivity index (χ0) is 19.3. The number of aromatic nitrogens is 1. The SMILES string of the molecule is O=C(NC1CCN(Cc2ccccc2)C1)c1ccc(OCC(F)(F)F)nc1. The first-order valence-electron chi connectivity index (χ1n) is 8.62. The molecule has 8 heteroatoms. The fourth-order valence-corrected chi connectivity index (χ4v) is 2.96. The van der Waals surface area contributed by atoms with Gasteiger partial charge in [0.25, 0.3) is 5.91 Å². The normalized spacial score (nSPS) is 17.7. The molecule has 3 rings (SSSR count). The Morgan fingerprint density at radius 2 is 2.00 bits per heavy atom.